The predicted molar refractivity (Wildman–Crippen MR) is 195 cm³/mol. The molecule has 320 valence electrons. The number of aliphatic hydroxyl groups excluding tert-OH is 8. The fourth-order valence-corrected chi connectivity index (χ4v) is 14.2. The Hall–Kier alpha value is -0.860. The van der Waals surface area contributed by atoms with Gasteiger partial charge >= 0.3 is 0 Å². The Morgan fingerprint density at radius 2 is 1.59 bits per heavy atom. The molecule has 56 heavy (non-hydrogen) atoms. The molecule has 0 amide bonds. The Bertz CT molecular complexity index is 1550. The Kier molecular flexibility index (Phi) is 9.95. The second-order valence-electron chi connectivity index (χ2n) is 20.6. The van der Waals surface area contributed by atoms with Gasteiger partial charge in [0.15, 0.2) is 18.4 Å². The molecule has 3 heterocycles. The van der Waals surface area contributed by atoms with Crippen molar-refractivity contribution in [1.29, 1.82) is 0 Å². The van der Waals surface area contributed by atoms with Crippen molar-refractivity contribution in [1.82, 2.24) is 0 Å². The second-order valence-corrected chi connectivity index (χ2v) is 20.6. The van der Waals surface area contributed by atoms with E-state index in [1.54, 1.807) is 0 Å². The van der Waals surface area contributed by atoms with Gasteiger partial charge in [-0.1, -0.05) is 46.3 Å². The van der Waals surface area contributed by atoms with E-state index in [-0.39, 0.29) is 40.8 Å². The van der Waals surface area contributed by atoms with Gasteiger partial charge in [-0.25, -0.2) is 0 Å². The molecule has 2 spiro atoms. The molecule has 0 unspecified atom stereocenters. The number of hydrogen-bond donors (Lipinski definition) is 10. The molecular weight excluding hydrogens is 732 g/mol. The lowest BCUT2D eigenvalue weighted by atomic mass is 9.44. The predicted octanol–water partition coefficient (Wildman–Crippen LogP) is -0.180. The van der Waals surface area contributed by atoms with E-state index in [0.29, 0.717) is 12.8 Å². The van der Waals surface area contributed by atoms with E-state index < -0.39 is 108 Å². The molecule has 3 saturated heterocycles. The highest BCUT2D eigenvalue weighted by atomic mass is 16.7. The van der Waals surface area contributed by atoms with Crippen molar-refractivity contribution in [2.45, 2.75) is 185 Å². The minimum Gasteiger partial charge on any atom is -0.394 e. The Morgan fingerprint density at radius 3 is 2.25 bits per heavy atom. The average Bonchev–Trinajstić information content (AvgIpc) is 3.76. The number of rotatable bonds is 7. The van der Waals surface area contributed by atoms with Gasteiger partial charge in [-0.3, -0.25) is 0 Å². The van der Waals surface area contributed by atoms with Gasteiger partial charge in [-0.15, -0.1) is 0 Å². The summed E-state index contributed by atoms with van der Waals surface area (Å²) in [6.07, 6.45) is -9.02. The molecule has 0 radical (unpaired) electrons. The molecule has 15 nitrogen and oxygen atoms in total. The van der Waals surface area contributed by atoms with Gasteiger partial charge < -0.3 is 74.7 Å². The van der Waals surface area contributed by atoms with E-state index in [4.69, 9.17) is 23.7 Å². The van der Waals surface area contributed by atoms with E-state index in [9.17, 15) is 51.1 Å². The maximum absolute atomic E-state index is 12.9. The van der Waals surface area contributed by atoms with E-state index in [0.717, 1.165) is 32.1 Å². The summed E-state index contributed by atoms with van der Waals surface area (Å²) in [4.78, 5) is 0. The largest absolute Gasteiger partial charge is 0.394 e. The maximum atomic E-state index is 12.9. The number of fused-ring (bicyclic) bond motifs is 4. The first kappa shape index (κ1) is 41.9. The molecule has 0 aromatic heterocycles. The quantitative estimate of drug-likeness (QED) is 0.150. The zero-order valence-electron chi connectivity index (χ0n) is 33.7. The maximum Gasteiger partial charge on any atom is 0.196 e. The molecule has 8 rings (SSSR count). The molecule has 8 aliphatic rings. The fraction of sp³-hybridized carbons (Fsp3) is 0.951. The third-order valence-corrected chi connectivity index (χ3v) is 17.1. The Balaban J connectivity index is 1.07. The molecule has 7 fully saturated rings. The van der Waals surface area contributed by atoms with Crippen LogP contribution in [0.3, 0.4) is 0 Å². The first-order valence-electron chi connectivity index (χ1n) is 20.8. The number of ether oxygens (including phenoxy) is 5. The van der Waals surface area contributed by atoms with Crippen molar-refractivity contribution in [3.05, 3.63) is 11.6 Å². The summed E-state index contributed by atoms with van der Waals surface area (Å²) in [5.74, 6) is -2.52. The van der Waals surface area contributed by atoms with Crippen molar-refractivity contribution in [2.75, 3.05) is 13.2 Å². The smallest absolute Gasteiger partial charge is 0.196 e. The molecule has 21 atom stereocenters. The number of hydrogen-bond acceptors (Lipinski definition) is 15. The summed E-state index contributed by atoms with van der Waals surface area (Å²) in [5.41, 5.74) is -2.48. The molecule has 5 aliphatic carbocycles. The number of allylic oxidation sites excluding steroid dienone is 1. The summed E-state index contributed by atoms with van der Waals surface area (Å²) in [6, 6.07) is 0. The summed E-state index contributed by atoms with van der Waals surface area (Å²) in [5, 5.41) is 109. The van der Waals surface area contributed by atoms with Crippen LogP contribution in [-0.4, -0.2) is 155 Å². The van der Waals surface area contributed by atoms with Crippen LogP contribution in [-0.2, 0) is 23.7 Å². The lowest BCUT2D eigenvalue weighted by Gasteiger charge is -2.60. The normalized spacial score (nSPS) is 56.8. The number of aliphatic hydroxyl groups is 10. The van der Waals surface area contributed by atoms with Gasteiger partial charge in [0.1, 0.15) is 54.9 Å². The van der Waals surface area contributed by atoms with Gasteiger partial charge in [0, 0.05) is 11.3 Å². The SMILES string of the molecule is C[C@@H]1C[C@H]([C@H](O[C@@H]2O[C@H](CO)[C@@H](O)[C@H](O)[C@H]2O)C(C)(C)O)O[C@]2(O)[C@H]1[C@@]1(C)CC[C@@]34C[C@@]35CC[C@H](O[C@@H]3OC[C@@H](O)[C@H](O)[C@H]3O)C(C)(C)[C@@H]5CC=C4[C@]1(C)[C@H]2O. The van der Waals surface area contributed by atoms with Crippen LogP contribution in [0.2, 0.25) is 0 Å². The molecule has 0 bridgehead atoms. The lowest BCUT2D eigenvalue weighted by molar-refractivity contribution is -0.369. The summed E-state index contributed by atoms with van der Waals surface area (Å²) >= 11 is 0. The van der Waals surface area contributed by atoms with Gasteiger partial charge in [-0.2, -0.15) is 0 Å². The summed E-state index contributed by atoms with van der Waals surface area (Å²) in [6.45, 7) is 12.9. The van der Waals surface area contributed by atoms with Crippen LogP contribution >= 0.6 is 0 Å². The minimum absolute atomic E-state index is 0.0527. The highest BCUT2D eigenvalue weighted by molar-refractivity contribution is 5.47. The Labute approximate surface area is 328 Å². The topological polar surface area (TPSA) is 248 Å². The van der Waals surface area contributed by atoms with Crippen LogP contribution in [0.1, 0.15) is 93.4 Å². The monoisotopic (exact) mass is 798 g/mol. The summed E-state index contributed by atoms with van der Waals surface area (Å²) in [7, 11) is 0. The minimum atomic E-state index is -2.04. The van der Waals surface area contributed by atoms with Crippen molar-refractivity contribution in [3.8, 4) is 0 Å². The molecular formula is C41H66O15. The fourth-order valence-electron chi connectivity index (χ4n) is 14.2. The van der Waals surface area contributed by atoms with Crippen molar-refractivity contribution < 1.29 is 74.7 Å². The van der Waals surface area contributed by atoms with Crippen LogP contribution < -0.4 is 0 Å². The van der Waals surface area contributed by atoms with Gasteiger partial charge in [-0.05, 0) is 92.3 Å². The molecule has 10 N–H and O–H groups in total. The first-order valence-corrected chi connectivity index (χ1v) is 20.8. The third-order valence-electron chi connectivity index (χ3n) is 17.1. The highest BCUT2D eigenvalue weighted by Gasteiger charge is 2.85. The van der Waals surface area contributed by atoms with Crippen LogP contribution in [0.15, 0.2) is 11.6 Å². The van der Waals surface area contributed by atoms with Crippen molar-refractivity contribution in [2.24, 2.45) is 44.8 Å². The van der Waals surface area contributed by atoms with Gasteiger partial charge in [0.2, 0.25) is 0 Å². The second kappa shape index (κ2) is 13.3. The lowest BCUT2D eigenvalue weighted by Crippen LogP contribution is -2.64. The molecule has 4 saturated carbocycles. The van der Waals surface area contributed by atoms with Crippen LogP contribution in [0.4, 0.5) is 0 Å². The van der Waals surface area contributed by atoms with E-state index >= 15 is 0 Å². The zero-order chi connectivity index (χ0) is 40.9. The zero-order valence-corrected chi connectivity index (χ0v) is 33.7. The summed E-state index contributed by atoms with van der Waals surface area (Å²) < 4.78 is 30.5. The van der Waals surface area contributed by atoms with Crippen molar-refractivity contribution in [3.63, 3.8) is 0 Å². The van der Waals surface area contributed by atoms with Gasteiger partial charge in [0.05, 0.1) is 31.0 Å². The molecule has 15 heteroatoms. The molecule has 3 aliphatic heterocycles. The van der Waals surface area contributed by atoms with Crippen molar-refractivity contribution >= 4 is 0 Å². The van der Waals surface area contributed by atoms with Crippen LogP contribution in [0.5, 0.6) is 0 Å². The average molecular weight is 799 g/mol. The standard InChI is InChI=1S/C41H66O15/c1-18-14-20(31(36(4,5)50)55-33-29(48)27(46)26(45)21(15-42)53-33)56-41(51)30(18)37(6)12-13-40-17-39(40)11-10-24(54-32-28(47)25(44)19(43)16-52-32)35(2,3)22(39)8-9-23(40)38(37,7)34(41)49/h9,18-22,24-34,42-51H,8,10-17H2,1-7H3/t18-,19-,20-,21-,22+,24+,25+,26-,27+,28-,29-,30-,31+,32+,33+,34-,37-,38-,39-,40+,41-/m1/s1. The molecule has 0 aromatic rings. The Morgan fingerprint density at radius 1 is 0.911 bits per heavy atom. The van der Waals surface area contributed by atoms with E-state index in [2.05, 4.69) is 33.8 Å². The van der Waals surface area contributed by atoms with E-state index in [1.165, 1.54) is 19.4 Å². The van der Waals surface area contributed by atoms with E-state index in [1.807, 2.05) is 6.92 Å². The molecule has 0 aromatic carbocycles. The van der Waals surface area contributed by atoms with Crippen LogP contribution in [0, 0.1) is 44.8 Å². The third kappa shape index (κ3) is 5.43. The highest BCUT2D eigenvalue weighted by Crippen LogP contribution is 2.88. The van der Waals surface area contributed by atoms with Gasteiger partial charge in [0.25, 0.3) is 0 Å². The van der Waals surface area contributed by atoms with Crippen LogP contribution in [0.25, 0.3) is 0 Å². The first-order chi connectivity index (χ1) is 26.0.